The fraction of sp³-hybridized carbons (Fsp3) is 0.882. The van der Waals surface area contributed by atoms with E-state index >= 15 is 0 Å². The summed E-state index contributed by atoms with van der Waals surface area (Å²) in [5.41, 5.74) is 6.77. The summed E-state index contributed by atoms with van der Waals surface area (Å²) < 4.78 is 0. The molecule has 3 heteroatoms. The van der Waals surface area contributed by atoms with E-state index < -0.39 is 0 Å². The van der Waals surface area contributed by atoms with Gasteiger partial charge in [0.2, 0.25) is 0 Å². The van der Waals surface area contributed by atoms with Crippen LogP contribution in [-0.4, -0.2) is 19.6 Å². The van der Waals surface area contributed by atoms with Crippen LogP contribution < -0.4 is 16.2 Å². The maximum absolute atomic E-state index is 3.47. The molecule has 0 amide bonds. The summed E-state index contributed by atoms with van der Waals surface area (Å²) in [6.45, 7) is 8.12. The van der Waals surface area contributed by atoms with Crippen LogP contribution in [0.2, 0.25) is 0 Å². The van der Waals surface area contributed by atoms with Crippen LogP contribution in [-0.2, 0) is 0 Å². The molecule has 0 spiro atoms. The van der Waals surface area contributed by atoms with Gasteiger partial charge in [-0.05, 0) is 56.7 Å². The summed E-state index contributed by atoms with van der Waals surface area (Å²) in [5.74, 6) is 0.917. The van der Waals surface area contributed by atoms with Crippen LogP contribution in [0.15, 0.2) is 12.3 Å². The fourth-order valence-corrected chi connectivity index (χ4v) is 3.27. The van der Waals surface area contributed by atoms with E-state index in [1.54, 1.807) is 0 Å². The second kappa shape index (κ2) is 9.41. The van der Waals surface area contributed by atoms with Gasteiger partial charge in [0.15, 0.2) is 0 Å². The van der Waals surface area contributed by atoms with E-state index in [9.17, 15) is 0 Å². The zero-order valence-electron chi connectivity index (χ0n) is 14.0. The van der Waals surface area contributed by atoms with E-state index in [4.69, 9.17) is 0 Å². The molecule has 1 saturated carbocycles. The molecule has 0 aliphatic heterocycles. The van der Waals surface area contributed by atoms with Gasteiger partial charge in [-0.2, -0.15) is 0 Å². The van der Waals surface area contributed by atoms with Crippen LogP contribution in [0.25, 0.3) is 0 Å². The maximum Gasteiger partial charge on any atom is 0.0261 e. The first-order chi connectivity index (χ1) is 9.60. The lowest BCUT2D eigenvalue weighted by Gasteiger charge is -2.34. The Morgan fingerprint density at radius 2 is 1.95 bits per heavy atom. The second-order valence-electron chi connectivity index (χ2n) is 6.84. The lowest BCUT2D eigenvalue weighted by Crippen LogP contribution is -2.47. The van der Waals surface area contributed by atoms with Gasteiger partial charge in [0.25, 0.3) is 0 Å². The average molecular weight is 281 g/mol. The van der Waals surface area contributed by atoms with Crippen molar-refractivity contribution in [3.05, 3.63) is 12.3 Å². The van der Waals surface area contributed by atoms with E-state index in [2.05, 4.69) is 49.2 Å². The van der Waals surface area contributed by atoms with E-state index in [1.807, 2.05) is 7.05 Å². The molecule has 0 aromatic rings. The minimum atomic E-state index is 0.313. The highest BCUT2D eigenvalue weighted by atomic mass is 15.4. The quantitative estimate of drug-likeness (QED) is 0.536. The normalized spacial score (nSPS) is 18.8. The SMILES string of the molecule is CCC(NNC)C(C)(C)CC/C=C\NCC1CCCC1. The summed E-state index contributed by atoms with van der Waals surface area (Å²) in [6.07, 6.45) is 13.7. The topological polar surface area (TPSA) is 36.1 Å². The van der Waals surface area contributed by atoms with Crippen LogP contribution in [0.5, 0.6) is 0 Å². The Labute approximate surface area is 126 Å². The zero-order valence-corrected chi connectivity index (χ0v) is 14.0. The third-order valence-corrected chi connectivity index (χ3v) is 4.74. The van der Waals surface area contributed by atoms with Crippen LogP contribution in [0, 0.1) is 11.3 Å². The van der Waals surface area contributed by atoms with Gasteiger partial charge in [-0.15, -0.1) is 0 Å². The van der Waals surface area contributed by atoms with Crippen LogP contribution >= 0.6 is 0 Å². The molecule has 0 radical (unpaired) electrons. The summed E-state index contributed by atoms with van der Waals surface area (Å²) >= 11 is 0. The van der Waals surface area contributed by atoms with Crippen LogP contribution in [0.1, 0.15) is 65.7 Å². The largest absolute Gasteiger partial charge is 0.391 e. The standard InChI is InChI=1S/C17H35N3/c1-5-16(20-18-4)17(2,3)12-8-9-13-19-14-15-10-6-7-11-15/h9,13,15-16,18-20H,5-8,10-12,14H2,1-4H3/b13-9-. The molecule has 1 rings (SSSR count). The first-order valence-corrected chi connectivity index (χ1v) is 8.40. The summed E-state index contributed by atoms with van der Waals surface area (Å²) in [4.78, 5) is 0. The number of hydrogen-bond donors (Lipinski definition) is 3. The Morgan fingerprint density at radius 1 is 1.25 bits per heavy atom. The lowest BCUT2D eigenvalue weighted by atomic mass is 9.79. The monoisotopic (exact) mass is 281 g/mol. The van der Waals surface area contributed by atoms with Gasteiger partial charge >= 0.3 is 0 Å². The highest BCUT2D eigenvalue weighted by Crippen LogP contribution is 2.28. The molecule has 118 valence electrons. The van der Waals surface area contributed by atoms with E-state index in [1.165, 1.54) is 38.6 Å². The summed E-state index contributed by atoms with van der Waals surface area (Å²) in [7, 11) is 1.95. The van der Waals surface area contributed by atoms with Crippen LogP contribution in [0.3, 0.4) is 0 Å². The van der Waals surface area contributed by atoms with Crippen molar-refractivity contribution in [3.8, 4) is 0 Å². The fourth-order valence-electron chi connectivity index (χ4n) is 3.27. The van der Waals surface area contributed by atoms with Crippen molar-refractivity contribution >= 4 is 0 Å². The molecule has 3 nitrogen and oxygen atoms in total. The van der Waals surface area contributed by atoms with Crippen molar-refractivity contribution in [3.63, 3.8) is 0 Å². The molecule has 20 heavy (non-hydrogen) atoms. The predicted molar refractivity (Wildman–Crippen MR) is 88.4 cm³/mol. The zero-order chi connectivity index (χ0) is 14.8. The van der Waals surface area contributed by atoms with Gasteiger partial charge < -0.3 is 5.32 Å². The lowest BCUT2D eigenvalue weighted by molar-refractivity contribution is 0.204. The van der Waals surface area contributed by atoms with Crippen LogP contribution in [0.4, 0.5) is 0 Å². The number of hydrazine groups is 1. The molecule has 1 aliphatic carbocycles. The van der Waals surface area contributed by atoms with Gasteiger partial charge in [-0.3, -0.25) is 10.9 Å². The average Bonchev–Trinajstić information content (AvgIpc) is 2.92. The highest BCUT2D eigenvalue weighted by molar-refractivity contribution is 4.87. The maximum atomic E-state index is 3.47. The Bertz CT molecular complexity index is 267. The smallest absolute Gasteiger partial charge is 0.0261 e. The van der Waals surface area contributed by atoms with Gasteiger partial charge in [0.05, 0.1) is 0 Å². The molecule has 0 aromatic heterocycles. The van der Waals surface area contributed by atoms with Gasteiger partial charge in [-0.1, -0.05) is 39.7 Å². The van der Waals surface area contributed by atoms with Gasteiger partial charge in [-0.25, -0.2) is 0 Å². The van der Waals surface area contributed by atoms with Gasteiger partial charge in [0.1, 0.15) is 0 Å². The number of rotatable bonds is 10. The highest BCUT2D eigenvalue weighted by Gasteiger charge is 2.26. The third kappa shape index (κ3) is 6.27. The van der Waals surface area contributed by atoms with Crippen molar-refractivity contribution in [2.24, 2.45) is 11.3 Å². The first-order valence-electron chi connectivity index (χ1n) is 8.40. The van der Waals surface area contributed by atoms with E-state index in [-0.39, 0.29) is 0 Å². The Kier molecular flexibility index (Phi) is 8.24. The Hall–Kier alpha value is -0.540. The Morgan fingerprint density at radius 3 is 2.55 bits per heavy atom. The summed E-state index contributed by atoms with van der Waals surface area (Å²) in [5, 5.41) is 3.47. The predicted octanol–water partition coefficient (Wildman–Crippen LogP) is 3.59. The van der Waals surface area contributed by atoms with Gasteiger partial charge in [0, 0.05) is 12.6 Å². The molecule has 0 aromatic carbocycles. The number of nitrogens with one attached hydrogen (secondary N) is 3. The van der Waals surface area contributed by atoms with Crippen molar-refractivity contribution < 1.29 is 0 Å². The molecule has 0 heterocycles. The molecule has 0 saturated heterocycles. The second-order valence-corrected chi connectivity index (χ2v) is 6.84. The number of hydrogen-bond acceptors (Lipinski definition) is 3. The Balaban J connectivity index is 2.17. The van der Waals surface area contributed by atoms with E-state index in [0.717, 1.165) is 18.8 Å². The molecule has 0 bridgehead atoms. The van der Waals surface area contributed by atoms with Crippen molar-refractivity contribution in [1.29, 1.82) is 0 Å². The van der Waals surface area contributed by atoms with E-state index in [0.29, 0.717) is 11.5 Å². The number of allylic oxidation sites excluding steroid dienone is 1. The van der Waals surface area contributed by atoms with Crippen molar-refractivity contribution in [2.45, 2.75) is 71.8 Å². The first kappa shape index (κ1) is 17.5. The molecule has 1 fully saturated rings. The molecule has 3 N–H and O–H groups in total. The molecular formula is C17H35N3. The minimum Gasteiger partial charge on any atom is -0.391 e. The van der Waals surface area contributed by atoms with Crippen molar-refractivity contribution in [2.75, 3.05) is 13.6 Å². The molecule has 1 unspecified atom stereocenters. The molecular weight excluding hydrogens is 246 g/mol. The van der Waals surface area contributed by atoms with Crippen molar-refractivity contribution in [1.82, 2.24) is 16.2 Å². The summed E-state index contributed by atoms with van der Waals surface area (Å²) in [6, 6.07) is 0.521. The minimum absolute atomic E-state index is 0.313. The molecule has 1 atom stereocenters. The third-order valence-electron chi connectivity index (χ3n) is 4.74. The molecule has 1 aliphatic rings.